The Balaban J connectivity index is 1.80. The number of fused-ring (bicyclic) bond motifs is 6. The van der Waals surface area contributed by atoms with Gasteiger partial charge in [-0.15, -0.1) is 0 Å². The summed E-state index contributed by atoms with van der Waals surface area (Å²) in [6, 6.07) is 1.72. The topological polar surface area (TPSA) is 87.5 Å². The van der Waals surface area contributed by atoms with Crippen LogP contribution in [-0.2, 0) is 20.8 Å². The first kappa shape index (κ1) is 12.6. The first-order valence-electron chi connectivity index (χ1n) is 7.29. The maximum Gasteiger partial charge on any atom is 0.332 e. The molecule has 8 nitrogen and oxygen atoms in total. The number of aromatic nitrogens is 3. The van der Waals surface area contributed by atoms with Gasteiger partial charge in [-0.25, -0.2) is 9.36 Å². The fourth-order valence-corrected chi connectivity index (χ4v) is 3.82. The first-order valence-corrected chi connectivity index (χ1v) is 7.29. The molecule has 0 amide bonds. The molecule has 3 aliphatic heterocycles. The zero-order chi connectivity index (χ0) is 15.2. The van der Waals surface area contributed by atoms with Gasteiger partial charge in [-0.1, -0.05) is 0 Å². The van der Waals surface area contributed by atoms with Crippen LogP contribution < -0.4 is 11.2 Å². The standard InChI is InChI=1S/C14H15N3O5/c1-14(2)21-8-7-5-16-4-3-6-10(18)15-13(19)17(11(6)16)12(20-7)9(8)22-14/h3-4,7-9,12H,5H2,1-2H3,(H,15,18,19). The highest BCUT2D eigenvalue weighted by Crippen LogP contribution is 2.45. The molecular formula is C14H15N3O5. The Kier molecular flexibility index (Phi) is 2.13. The molecule has 116 valence electrons. The second kappa shape index (κ2) is 3.70. The Morgan fingerprint density at radius 3 is 2.86 bits per heavy atom. The van der Waals surface area contributed by atoms with Crippen molar-refractivity contribution in [1.29, 1.82) is 0 Å². The average Bonchev–Trinajstić information content (AvgIpc) is 3.01. The van der Waals surface area contributed by atoms with E-state index >= 15 is 0 Å². The van der Waals surface area contributed by atoms with Crippen molar-refractivity contribution in [3.63, 3.8) is 0 Å². The molecule has 0 saturated carbocycles. The lowest BCUT2D eigenvalue weighted by molar-refractivity contribution is -0.196. The Morgan fingerprint density at radius 1 is 1.27 bits per heavy atom. The van der Waals surface area contributed by atoms with Crippen LogP contribution in [0.4, 0.5) is 0 Å². The van der Waals surface area contributed by atoms with E-state index in [9.17, 15) is 9.59 Å². The number of nitrogens with zero attached hydrogens (tertiary/aromatic N) is 2. The second-order valence-corrected chi connectivity index (χ2v) is 6.46. The molecule has 2 bridgehead atoms. The van der Waals surface area contributed by atoms with Crippen LogP contribution in [0, 0.1) is 0 Å². The lowest BCUT2D eigenvalue weighted by Gasteiger charge is -2.23. The summed E-state index contributed by atoms with van der Waals surface area (Å²) in [5, 5.41) is 0.477. The van der Waals surface area contributed by atoms with Crippen molar-refractivity contribution >= 4 is 11.0 Å². The van der Waals surface area contributed by atoms with Gasteiger partial charge in [0.1, 0.15) is 24.0 Å². The molecule has 4 unspecified atom stereocenters. The molecule has 22 heavy (non-hydrogen) atoms. The molecule has 2 saturated heterocycles. The highest BCUT2D eigenvalue weighted by Gasteiger charge is 2.57. The van der Waals surface area contributed by atoms with Crippen molar-refractivity contribution in [2.75, 3.05) is 0 Å². The highest BCUT2D eigenvalue weighted by molar-refractivity contribution is 5.75. The fraction of sp³-hybridized carbons (Fsp3) is 0.571. The summed E-state index contributed by atoms with van der Waals surface area (Å²) >= 11 is 0. The summed E-state index contributed by atoms with van der Waals surface area (Å²) < 4.78 is 21.2. The van der Waals surface area contributed by atoms with Gasteiger partial charge in [-0.3, -0.25) is 9.78 Å². The van der Waals surface area contributed by atoms with E-state index in [-0.39, 0.29) is 23.9 Å². The third-order valence-electron chi connectivity index (χ3n) is 4.60. The van der Waals surface area contributed by atoms with E-state index in [4.69, 9.17) is 14.2 Å². The van der Waals surface area contributed by atoms with E-state index in [0.29, 0.717) is 17.6 Å². The van der Waals surface area contributed by atoms with E-state index in [0.717, 1.165) is 0 Å². The third-order valence-corrected chi connectivity index (χ3v) is 4.60. The van der Waals surface area contributed by atoms with Gasteiger partial charge in [-0.05, 0) is 19.9 Å². The van der Waals surface area contributed by atoms with Crippen LogP contribution in [0.5, 0.6) is 0 Å². The van der Waals surface area contributed by atoms with Gasteiger partial charge in [0.15, 0.2) is 12.0 Å². The maximum absolute atomic E-state index is 12.4. The molecule has 2 aromatic rings. The maximum atomic E-state index is 12.4. The van der Waals surface area contributed by atoms with E-state index in [1.807, 2.05) is 18.4 Å². The molecule has 0 spiro atoms. The summed E-state index contributed by atoms with van der Waals surface area (Å²) in [4.78, 5) is 26.7. The molecule has 8 heteroatoms. The largest absolute Gasteiger partial charge is 0.347 e. The van der Waals surface area contributed by atoms with Gasteiger partial charge in [0.05, 0.1) is 11.9 Å². The summed E-state index contributed by atoms with van der Waals surface area (Å²) in [7, 11) is 0. The van der Waals surface area contributed by atoms with Crippen LogP contribution >= 0.6 is 0 Å². The van der Waals surface area contributed by atoms with Crippen LogP contribution in [0.25, 0.3) is 11.0 Å². The average molecular weight is 305 g/mol. The van der Waals surface area contributed by atoms with Gasteiger partial charge in [0.25, 0.3) is 5.56 Å². The molecule has 5 heterocycles. The van der Waals surface area contributed by atoms with Crippen molar-refractivity contribution in [3.05, 3.63) is 33.1 Å². The number of H-pyrrole nitrogens is 1. The number of rotatable bonds is 0. The van der Waals surface area contributed by atoms with Gasteiger partial charge in [-0.2, -0.15) is 0 Å². The molecular weight excluding hydrogens is 290 g/mol. The Bertz CT molecular complexity index is 907. The van der Waals surface area contributed by atoms with E-state index in [1.165, 1.54) is 4.57 Å². The van der Waals surface area contributed by atoms with Crippen molar-refractivity contribution < 1.29 is 14.2 Å². The van der Waals surface area contributed by atoms with E-state index in [2.05, 4.69) is 4.98 Å². The molecule has 2 aromatic heterocycles. The van der Waals surface area contributed by atoms with Gasteiger partial charge < -0.3 is 18.8 Å². The number of aromatic amines is 1. The van der Waals surface area contributed by atoms with Crippen LogP contribution in [-0.4, -0.2) is 38.2 Å². The van der Waals surface area contributed by atoms with Crippen molar-refractivity contribution in [2.24, 2.45) is 0 Å². The number of hydrogen-bond donors (Lipinski definition) is 1. The minimum Gasteiger partial charge on any atom is -0.347 e. The molecule has 1 N–H and O–H groups in total. The number of ether oxygens (including phenoxy) is 3. The van der Waals surface area contributed by atoms with Crippen molar-refractivity contribution in [1.82, 2.24) is 14.1 Å². The molecule has 2 fully saturated rings. The molecule has 0 radical (unpaired) electrons. The third kappa shape index (κ3) is 1.42. The summed E-state index contributed by atoms with van der Waals surface area (Å²) in [6.07, 6.45) is 0.386. The lowest BCUT2D eigenvalue weighted by Crippen LogP contribution is -2.39. The quantitative estimate of drug-likeness (QED) is 0.736. The van der Waals surface area contributed by atoms with Crippen molar-refractivity contribution in [2.45, 2.75) is 50.7 Å². The molecule has 0 aromatic carbocycles. The van der Waals surface area contributed by atoms with E-state index in [1.54, 1.807) is 12.3 Å². The van der Waals surface area contributed by atoms with E-state index < -0.39 is 17.7 Å². The molecule has 5 rings (SSSR count). The van der Waals surface area contributed by atoms with Gasteiger partial charge >= 0.3 is 5.69 Å². The van der Waals surface area contributed by atoms with Crippen LogP contribution in [0.3, 0.4) is 0 Å². The zero-order valence-corrected chi connectivity index (χ0v) is 12.1. The predicted molar refractivity (Wildman–Crippen MR) is 74.6 cm³/mol. The van der Waals surface area contributed by atoms with Crippen LogP contribution in [0.2, 0.25) is 0 Å². The van der Waals surface area contributed by atoms with Gasteiger partial charge in [0.2, 0.25) is 0 Å². The molecule has 3 aliphatic rings. The Labute approximate surface area is 124 Å². The van der Waals surface area contributed by atoms with Crippen LogP contribution in [0.15, 0.2) is 21.9 Å². The van der Waals surface area contributed by atoms with Crippen molar-refractivity contribution in [3.8, 4) is 0 Å². The number of nitrogens with one attached hydrogen (secondary N) is 1. The minimum absolute atomic E-state index is 0.221. The summed E-state index contributed by atoms with van der Waals surface area (Å²) in [6.45, 7) is 4.22. The summed E-state index contributed by atoms with van der Waals surface area (Å²) in [5.74, 6) is -0.709. The SMILES string of the molecule is CC1(C)OC2C3Cn4ccc5c(=O)[nH]c(=O)n(c54)C(O3)C2O1. The Morgan fingerprint density at radius 2 is 2.05 bits per heavy atom. The molecule has 4 atom stereocenters. The summed E-state index contributed by atoms with van der Waals surface area (Å²) in [5.41, 5.74) is -0.293. The lowest BCUT2D eigenvalue weighted by atomic mass is 10.1. The normalized spacial score (nSPS) is 34.8. The number of hydrogen-bond acceptors (Lipinski definition) is 5. The molecule has 0 aliphatic carbocycles. The second-order valence-electron chi connectivity index (χ2n) is 6.46. The first-order chi connectivity index (χ1) is 10.4. The fourth-order valence-electron chi connectivity index (χ4n) is 3.82. The smallest absolute Gasteiger partial charge is 0.332 e. The Hall–Kier alpha value is -1.90. The predicted octanol–water partition coefficient (Wildman–Crippen LogP) is -0.0776. The monoisotopic (exact) mass is 305 g/mol. The minimum atomic E-state index is -0.709. The zero-order valence-electron chi connectivity index (χ0n) is 12.1. The van der Waals surface area contributed by atoms with Gasteiger partial charge in [0, 0.05) is 6.20 Å². The van der Waals surface area contributed by atoms with Crippen LogP contribution in [0.1, 0.15) is 20.1 Å². The highest BCUT2D eigenvalue weighted by atomic mass is 16.8.